The topological polar surface area (TPSA) is 63.6 Å². The number of benzene rings is 2. The fourth-order valence-corrected chi connectivity index (χ4v) is 1.64. The molecule has 0 aliphatic carbocycles. The van der Waals surface area contributed by atoms with E-state index in [2.05, 4.69) is 11.8 Å². The molecule has 0 saturated carbocycles. The van der Waals surface area contributed by atoms with E-state index < -0.39 is 5.97 Å². The summed E-state index contributed by atoms with van der Waals surface area (Å²) in [6, 6.07) is 12.7. The first-order chi connectivity index (χ1) is 10.1. The molecule has 4 nitrogen and oxygen atoms in total. The van der Waals surface area contributed by atoms with Crippen LogP contribution in [0.15, 0.2) is 48.5 Å². The summed E-state index contributed by atoms with van der Waals surface area (Å²) in [6.07, 6.45) is 0. The van der Waals surface area contributed by atoms with Crippen LogP contribution in [0, 0.1) is 11.8 Å². The average Bonchev–Trinajstić information content (AvgIpc) is 2.53. The van der Waals surface area contributed by atoms with E-state index in [4.69, 9.17) is 9.84 Å². The number of ketones is 1. The van der Waals surface area contributed by atoms with E-state index in [0.29, 0.717) is 16.9 Å². The van der Waals surface area contributed by atoms with Crippen LogP contribution in [0.4, 0.5) is 0 Å². The number of Topliss-reactive ketones (excluding diaryl/α,β-unsaturated/α-hetero) is 1. The second kappa shape index (κ2) is 6.40. The molecule has 0 heterocycles. The van der Waals surface area contributed by atoms with Gasteiger partial charge in [-0.3, -0.25) is 4.79 Å². The van der Waals surface area contributed by atoms with Crippen molar-refractivity contribution in [3.05, 3.63) is 65.2 Å². The Kier molecular flexibility index (Phi) is 4.37. The van der Waals surface area contributed by atoms with Crippen molar-refractivity contribution < 1.29 is 19.4 Å². The number of ether oxygens (including phenoxy) is 1. The monoisotopic (exact) mass is 280 g/mol. The van der Waals surface area contributed by atoms with E-state index >= 15 is 0 Å². The van der Waals surface area contributed by atoms with Gasteiger partial charge in [-0.15, -0.1) is 0 Å². The molecule has 0 aliphatic rings. The summed E-state index contributed by atoms with van der Waals surface area (Å²) in [5.41, 5.74) is 1.24. The molecule has 104 valence electrons. The van der Waals surface area contributed by atoms with Crippen LogP contribution in [0.5, 0.6) is 5.75 Å². The van der Waals surface area contributed by atoms with Crippen molar-refractivity contribution in [3.8, 4) is 17.6 Å². The molecule has 0 aromatic heterocycles. The molecule has 2 aromatic carbocycles. The van der Waals surface area contributed by atoms with Crippen LogP contribution in [0.3, 0.4) is 0 Å². The standard InChI is InChI=1S/C17H12O4/c1-21-15-9-7-13(8-10-15)16(18)11-4-12-2-5-14(6-3-12)17(19)20/h2-3,5-10H,1H3,(H,19,20). The maximum Gasteiger partial charge on any atom is 0.335 e. The Bertz CT molecular complexity index is 716. The highest BCUT2D eigenvalue weighted by Crippen LogP contribution is 2.11. The van der Waals surface area contributed by atoms with E-state index in [1.54, 1.807) is 43.5 Å². The largest absolute Gasteiger partial charge is 0.497 e. The Morgan fingerprint density at radius 3 is 2.05 bits per heavy atom. The van der Waals surface area contributed by atoms with Crippen LogP contribution in [-0.2, 0) is 0 Å². The van der Waals surface area contributed by atoms with Gasteiger partial charge >= 0.3 is 5.97 Å². The highest BCUT2D eigenvalue weighted by atomic mass is 16.5. The zero-order valence-electron chi connectivity index (χ0n) is 11.3. The Morgan fingerprint density at radius 2 is 1.52 bits per heavy atom. The number of methoxy groups -OCH3 is 1. The number of hydrogen-bond acceptors (Lipinski definition) is 3. The Balaban J connectivity index is 2.13. The first-order valence-electron chi connectivity index (χ1n) is 6.14. The van der Waals surface area contributed by atoms with Crippen molar-refractivity contribution in [2.24, 2.45) is 0 Å². The van der Waals surface area contributed by atoms with Gasteiger partial charge in [-0.25, -0.2) is 4.79 Å². The van der Waals surface area contributed by atoms with Crippen molar-refractivity contribution in [1.82, 2.24) is 0 Å². The SMILES string of the molecule is COc1ccc(C(=O)C#Cc2ccc(C(=O)O)cc2)cc1. The Hall–Kier alpha value is -3.06. The summed E-state index contributed by atoms with van der Waals surface area (Å²) < 4.78 is 5.01. The Labute approximate surface area is 122 Å². The van der Waals surface area contributed by atoms with Crippen LogP contribution in [0.1, 0.15) is 26.3 Å². The van der Waals surface area contributed by atoms with Crippen LogP contribution in [0.2, 0.25) is 0 Å². The van der Waals surface area contributed by atoms with Crippen molar-refractivity contribution in [2.45, 2.75) is 0 Å². The zero-order chi connectivity index (χ0) is 15.2. The molecule has 1 N–H and O–H groups in total. The summed E-state index contributed by atoms with van der Waals surface area (Å²) >= 11 is 0. The first-order valence-corrected chi connectivity index (χ1v) is 6.14. The van der Waals surface area contributed by atoms with Gasteiger partial charge < -0.3 is 9.84 Å². The molecule has 2 aromatic rings. The van der Waals surface area contributed by atoms with Crippen molar-refractivity contribution >= 4 is 11.8 Å². The third kappa shape index (κ3) is 3.71. The summed E-state index contributed by atoms with van der Waals surface area (Å²) in [4.78, 5) is 22.6. The molecule has 0 atom stereocenters. The summed E-state index contributed by atoms with van der Waals surface area (Å²) in [5, 5.41) is 8.78. The number of hydrogen-bond donors (Lipinski definition) is 1. The molecule has 21 heavy (non-hydrogen) atoms. The molecule has 0 aliphatic heterocycles. The third-order valence-corrected chi connectivity index (χ3v) is 2.80. The number of aromatic carboxylic acids is 1. The maximum absolute atomic E-state index is 11.9. The second-order valence-corrected chi connectivity index (χ2v) is 4.19. The van der Waals surface area contributed by atoms with Gasteiger partial charge in [0.15, 0.2) is 0 Å². The molecular weight excluding hydrogens is 268 g/mol. The Morgan fingerprint density at radius 1 is 0.952 bits per heavy atom. The maximum atomic E-state index is 11.9. The highest BCUT2D eigenvalue weighted by molar-refractivity contribution is 6.09. The summed E-state index contributed by atoms with van der Waals surface area (Å²) in [7, 11) is 1.55. The molecular formula is C17H12O4. The fraction of sp³-hybridized carbons (Fsp3) is 0.0588. The van der Waals surface area contributed by atoms with Gasteiger partial charge in [-0.1, -0.05) is 5.92 Å². The molecule has 2 rings (SSSR count). The molecule has 0 unspecified atom stereocenters. The van der Waals surface area contributed by atoms with Crippen molar-refractivity contribution in [3.63, 3.8) is 0 Å². The van der Waals surface area contributed by atoms with Gasteiger partial charge in [-0.2, -0.15) is 0 Å². The molecule has 0 spiro atoms. The zero-order valence-corrected chi connectivity index (χ0v) is 11.3. The normalized spacial score (nSPS) is 9.38. The summed E-state index contributed by atoms with van der Waals surface area (Å²) in [6.45, 7) is 0. The van der Waals surface area contributed by atoms with Gasteiger partial charge in [0.25, 0.3) is 0 Å². The van der Waals surface area contributed by atoms with Gasteiger partial charge in [-0.05, 0) is 54.5 Å². The third-order valence-electron chi connectivity index (χ3n) is 2.80. The van der Waals surface area contributed by atoms with E-state index in [-0.39, 0.29) is 11.3 Å². The van der Waals surface area contributed by atoms with Crippen LogP contribution in [-0.4, -0.2) is 24.0 Å². The van der Waals surface area contributed by atoms with Crippen LogP contribution < -0.4 is 4.74 Å². The highest BCUT2D eigenvalue weighted by Gasteiger charge is 2.03. The number of carboxylic acid groups (broad SMARTS) is 1. The number of rotatable bonds is 3. The molecule has 0 bridgehead atoms. The molecule has 0 radical (unpaired) electrons. The molecule has 0 saturated heterocycles. The van der Waals surface area contributed by atoms with E-state index in [9.17, 15) is 9.59 Å². The second-order valence-electron chi connectivity index (χ2n) is 4.19. The quantitative estimate of drug-likeness (QED) is 0.693. The predicted octanol–water partition coefficient (Wildman–Crippen LogP) is 2.63. The van der Waals surface area contributed by atoms with E-state index in [0.717, 1.165) is 0 Å². The molecule has 0 amide bonds. The fourth-order valence-electron chi connectivity index (χ4n) is 1.64. The number of carboxylic acids is 1. The average molecular weight is 280 g/mol. The first kappa shape index (κ1) is 14.4. The van der Waals surface area contributed by atoms with Crippen molar-refractivity contribution in [2.75, 3.05) is 7.11 Å². The van der Waals surface area contributed by atoms with E-state index in [1.165, 1.54) is 12.1 Å². The number of carbonyl (C=O) groups is 2. The molecule has 4 heteroatoms. The predicted molar refractivity (Wildman–Crippen MR) is 77.6 cm³/mol. The summed E-state index contributed by atoms with van der Waals surface area (Å²) in [5.74, 6) is 4.61. The lowest BCUT2D eigenvalue weighted by Crippen LogP contribution is -1.96. The van der Waals surface area contributed by atoms with Gasteiger partial charge in [0.1, 0.15) is 5.75 Å². The number of carbonyl (C=O) groups excluding carboxylic acids is 1. The lowest BCUT2D eigenvalue weighted by molar-refractivity contribution is 0.0696. The minimum atomic E-state index is -0.996. The van der Waals surface area contributed by atoms with Gasteiger partial charge in [0.2, 0.25) is 5.78 Å². The lowest BCUT2D eigenvalue weighted by Gasteiger charge is -1.99. The van der Waals surface area contributed by atoms with Crippen molar-refractivity contribution in [1.29, 1.82) is 0 Å². The smallest absolute Gasteiger partial charge is 0.335 e. The minimum absolute atomic E-state index is 0.182. The minimum Gasteiger partial charge on any atom is -0.497 e. The van der Waals surface area contributed by atoms with Crippen LogP contribution in [0.25, 0.3) is 0 Å². The lowest BCUT2D eigenvalue weighted by atomic mass is 10.1. The van der Waals surface area contributed by atoms with E-state index in [1.807, 2.05) is 0 Å². The van der Waals surface area contributed by atoms with Crippen LogP contribution >= 0.6 is 0 Å². The van der Waals surface area contributed by atoms with Gasteiger partial charge in [0, 0.05) is 11.1 Å². The van der Waals surface area contributed by atoms with Gasteiger partial charge in [0.05, 0.1) is 12.7 Å². The molecule has 0 fully saturated rings.